The first-order valence-corrected chi connectivity index (χ1v) is 6.52. The average molecular weight is 287 g/mol. The molecule has 1 aromatic rings. The van der Waals surface area contributed by atoms with Gasteiger partial charge in [-0.15, -0.1) is 12.4 Å². The van der Waals surface area contributed by atoms with Crippen molar-refractivity contribution in [2.75, 3.05) is 13.1 Å². The highest BCUT2D eigenvalue weighted by molar-refractivity contribution is 5.85. The Bertz CT molecular complexity index is 432. The lowest BCUT2D eigenvalue weighted by atomic mass is 10.0. The van der Waals surface area contributed by atoms with E-state index in [0.29, 0.717) is 5.92 Å². The van der Waals surface area contributed by atoms with E-state index in [1.807, 2.05) is 38.2 Å². The Balaban J connectivity index is 0.00000180. The maximum absolute atomic E-state index is 12.1. The Hall–Kier alpha value is -1.07. The predicted molar refractivity (Wildman–Crippen MR) is 77.2 cm³/mol. The Kier molecular flexibility index (Phi) is 5.38. The lowest BCUT2D eigenvalue weighted by molar-refractivity contribution is -0.132. The largest absolute Gasteiger partial charge is 0.341 e. The first kappa shape index (κ1) is 16.0. The Labute approximate surface area is 120 Å². The molecule has 0 aromatic carbocycles. The molecule has 1 aliphatic heterocycles. The van der Waals surface area contributed by atoms with Gasteiger partial charge in [0.2, 0.25) is 5.91 Å². The molecule has 0 saturated carbocycles. The monoisotopic (exact) mass is 286 g/mol. The molecule has 0 bridgehead atoms. The van der Waals surface area contributed by atoms with Gasteiger partial charge in [0.1, 0.15) is 0 Å². The van der Waals surface area contributed by atoms with Gasteiger partial charge >= 0.3 is 0 Å². The number of aromatic nitrogens is 2. The van der Waals surface area contributed by atoms with E-state index in [2.05, 4.69) is 5.10 Å². The number of aryl methyl sites for hydroxylation is 1. The number of amides is 1. The molecule has 0 aliphatic carbocycles. The van der Waals surface area contributed by atoms with Crippen LogP contribution in [-0.2, 0) is 11.8 Å². The third-order valence-corrected chi connectivity index (χ3v) is 3.70. The maximum Gasteiger partial charge on any atom is 0.239 e. The van der Waals surface area contributed by atoms with Crippen molar-refractivity contribution in [3.05, 3.63) is 18.0 Å². The van der Waals surface area contributed by atoms with Crippen molar-refractivity contribution < 1.29 is 4.79 Å². The lowest BCUT2D eigenvalue weighted by Gasteiger charge is -2.23. The van der Waals surface area contributed by atoms with Crippen LogP contribution >= 0.6 is 12.4 Å². The molecular formula is C13H23ClN4O. The SMILES string of the molecule is CC(C)[C@H](N)C(=O)N1CCC(c2cnn(C)c2)C1.Cl. The maximum atomic E-state index is 12.1. The second-order valence-corrected chi connectivity index (χ2v) is 5.49. The van der Waals surface area contributed by atoms with Crippen molar-refractivity contribution in [2.45, 2.75) is 32.2 Å². The third-order valence-electron chi connectivity index (χ3n) is 3.70. The fourth-order valence-corrected chi connectivity index (χ4v) is 2.38. The zero-order valence-electron chi connectivity index (χ0n) is 11.7. The summed E-state index contributed by atoms with van der Waals surface area (Å²) >= 11 is 0. The van der Waals surface area contributed by atoms with Crippen LogP contribution < -0.4 is 5.73 Å². The highest BCUT2D eigenvalue weighted by Crippen LogP contribution is 2.27. The van der Waals surface area contributed by atoms with Gasteiger partial charge in [0.15, 0.2) is 0 Å². The fraction of sp³-hybridized carbons (Fsp3) is 0.692. The minimum atomic E-state index is -0.377. The third kappa shape index (κ3) is 3.48. The summed E-state index contributed by atoms with van der Waals surface area (Å²) < 4.78 is 1.81. The molecule has 0 radical (unpaired) electrons. The van der Waals surface area contributed by atoms with Crippen molar-refractivity contribution in [1.29, 1.82) is 0 Å². The van der Waals surface area contributed by atoms with Gasteiger partial charge in [-0.1, -0.05) is 13.8 Å². The molecule has 108 valence electrons. The van der Waals surface area contributed by atoms with Crippen molar-refractivity contribution >= 4 is 18.3 Å². The smallest absolute Gasteiger partial charge is 0.239 e. The second kappa shape index (κ2) is 6.39. The summed E-state index contributed by atoms with van der Waals surface area (Å²) in [5.74, 6) is 0.674. The molecule has 19 heavy (non-hydrogen) atoms. The van der Waals surface area contributed by atoms with Gasteiger partial charge < -0.3 is 10.6 Å². The summed E-state index contributed by atoms with van der Waals surface area (Å²) in [6.45, 7) is 5.54. The van der Waals surface area contributed by atoms with Crippen molar-refractivity contribution in [2.24, 2.45) is 18.7 Å². The molecule has 0 spiro atoms. The number of likely N-dealkylation sites (tertiary alicyclic amines) is 1. The van der Waals surface area contributed by atoms with Crippen LogP contribution in [0.4, 0.5) is 0 Å². The van der Waals surface area contributed by atoms with E-state index < -0.39 is 0 Å². The quantitative estimate of drug-likeness (QED) is 0.906. The Morgan fingerprint density at radius 2 is 2.21 bits per heavy atom. The van der Waals surface area contributed by atoms with Gasteiger partial charge in [-0.2, -0.15) is 5.10 Å². The van der Waals surface area contributed by atoms with Crippen LogP contribution in [0, 0.1) is 5.92 Å². The lowest BCUT2D eigenvalue weighted by Crippen LogP contribution is -2.45. The Morgan fingerprint density at radius 1 is 1.53 bits per heavy atom. The van der Waals surface area contributed by atoms with Gasteiger partial charge in [-0.3, -0.25) is 9.48 Å². The number of rotatable bonds is 3. The second-order valence-electron chi connectivity index (χ2n) is 5.49. The van der Waals surface area contributed by atoms with E-state index in [1.165, 1.54) is 5.56 Å². The van der Waals surface area contributed by atoms with Crippen LogP contribution in [0.2, 0.25) is 0 Å². The standard InChI is InChI=1S/C13H22N4O.ClH/c1-9(2)12(14)13(18)17-5-4-10(8-17)11-6-15-16(3)7-11;/h6-7,9-10,12H,4-5,8,14H2,1-3H3;1H/t10?,12-;/m0./s1. The minimum Gasteiger partial charge on any atom is -0.341 e. The van der Waals surface area contributed by atoms with Crippen LogP contribution in [0.5, 0.6) is 0 Å². The molecule has 1 fully saturated rings. The van der Waals surface area contributed by atoms with E-state index in [4.69, 9.17) is 5.73 Å². The number of carbonyl (C=O) groups is 1. The molecule has 6 heteroatoms. The summed E-state index contributed by atoms with van der Waals surface area (Å²) in [6.07, 6.45) is 4.92. The minimum absolute atomic E-state index is 0. The molecule has 2 N–H and O–H groups in total. The summed E-state index contributed by atoms with van der Waals surface area (Å²) in [5, 5.41) is 4.18. The predicted octanol–water partition coefficient (Wildman–Crippen LogP) is 1.14. The number of nitrogens with zero attached hydrogens (tertiary/aromatic N) is 3. The van der Waals surface area contributed by atoms with Crippen molar-refractivity contribution in [3.8, 4) is 0 Å². The molecule has 2 heterocycles. The van der Waals surface area contributed by atoms with Crippen LogP contribution in [0.1, 0.15) is 31.7 Å². The van der Waals surface area contributed by atoms with Crippen LogP contribution in [0.25, 0.3) is 0 Å². The molecule has 5 nitrogen and oxygen atoms in total. The van der Waals surface area contributed by atoms with E-state index in [1.54, 1.807) is 4.68 Å². The molecular weight excluding hydrogens is 264 g/mol. The van der Waals surface area contributed by atoms with Crippen LogP contribution in [0.3, 0.4) is 0 Å². The summed E-state index contributed by atoms with van der Waals surface area (Å²) in [4.78, 5) is 14.0. The van der Waals surface area contributed by atoms with Gasteiger partial charge in [0, 0.05) is 32.3 Å². The van der Waals surface area contributed by atoms with Crippen LogP contribution in [0.15, 0.2) is 12.4 Å². The first-order chi connectivity index (χ1) is 8.49. The Morgan fingerprint density at radius 3 is 2.74 bits per heavy atom. The molecule has 2 atom stereocenters. The van der Waals surface area contributed by atoms with Gasteiger partial charge in [-0.25, -0.2) is 0 Å². The number of halogens is 1. The van der Waals surface area contributed by atoms with Crippen LogP contribution in [-0.4, -0.2) is 39.7 Å². The van der Waals surface area contributed by atoms with Gasteiger partial charge in [0.25, 0.3) is 0 Å². The molecule has 1 aromatic heterocycles. The number of hydrogen-bond acceptors (Lipinski definition) is 3. The number of carbonyl (C=O) groups excluding carboxylic acids is 1. The molecule has 1 amide bonds. The zero-order valence-corrected chi connectivity index (χ0v) is 12.6. The zero-order chi connectivity index (χ0) is 13.3. The summed E-state index contributed by atoms with van der Waals surface area (Å²) in [5.41, 5.74) is 7.13. The van der Waals surface area contributed by atoms with Gasteiger partial charge in [-0.05, 0) is 17.9 Å². The normalized spacial score (nSPS) is 20.5. The highest BCUT2D eigenvalue weighted by Gasteiger charge is 2.31. The number of hydrogen-bond donors (Lipinski definition) is 1. The molecule has 1 aliphatic rings. The van der Waals surface area contributed by atoms with E-state index in [-0.39, 0.29) is 30.3 Å². The fourth-order valence-electron chi connectivity index (χ4n) is 2.38. The first-order valence-electron chi connectivity index (χ1n) is 6.52. The van der Waals surface area contributed by atoms with Crippen molar-refractivity contribution in [3.63, 3.8) is 0 Å². The van der Waals surface area contributed by atoms with E-state index in [0.717, 1.165) is 19.5 Å². The molecule has 1 unspecified atom stereocenters. The number of nitrogens with two attached hydrogens (primary N) is 1. The van der Waals surface area contributed by atoms with E-state index >= 15 is 0 Å². The molecule has 1 saturated heterocycles. The molecule has 2 rings (SSSR count). The summed E-state index contributed by atoms with van der Waals surface area (Å²) in [6, 6.07) is -0.377. The average Bonchev–Trinajstić information content (AvgIpc) is 2.95. The highest BCUT2D eigenvalue weighted by atomic mass is 35.5. The van der Waals surface area contributed by atoms with E-state index in [9.17, 15) is 4.79 Å². The van der Waals surface area contributed by atoms with Crippen molar-refractivity contribution in [1.82, 2.24) is 14.7 Å². The summed E-state index contributed by atoms with van der Waals surface area (Å²) in [7, 11) is 1.91. The van der Waals surface area contributed by atoms with Gasteiger partial charge in [0.05, 0.1) is 12.2 Å². The topological polar surface area (TPSA) is 64.2 Å².